The van der Waals surface area contributed by atoms with Crippen molar-refractivity contribution >= 4 is 17.9 Å². The first-order chi connectivity index (χ1) is 12.5. The highest BCUT2D eigenvalue weighted by atomic mass is 16.5. The maximum Gasteiger partial charge on any atom is 0.269 e. The van der Waals surface area contributed by atoms with Gasteiger partial charge in [-0.3, -0.25) is 20.4 Å². The molecule has 0 saturated carbocycles. The van der Waals surface area contributed by atoms with Crippen molar-refractivity contribution in [2.24, 2.45) is 0 Å². The molecule has 0 bridgehead atoms. The lowest BCUT2D eigenvalue weighted by atomic mass is 10.1. The van der Waals surface area contributed by atoms with Crippen LogP contribution in [0.2, 0.25) is 0 Å². The molecule has 0 aliphatic heterocycles. The number of hydrogen-bond acceptors (Lipinski definition) is 6. The van der Waals surface area contributed by atoms with Crippen molar-refractivity contribution in [3.05, 3.63) is 47.4 Å². The molecular weight excluding hydrogens is 340 g/mol. The predicted molar refractivity (Wildman–Crippen MR) is 94.2 cm³/mol. The summed E-state index contributed by atoms with van der Waals surface area (Å²) in [4.78, 5) is 24.0. The molecule has 26 heavy (non-hydrogen) atoms. The fraction of sp³-hybridized carbons (Fsp3) is 0.222. The second-order valence-electron chi connectivity index (χ2n) is 5.14. The lowest BCUT2D eigenvalue weighted by Crippen LogP contribution is -2.40. The summed E-state index contributed by atoms with van der Waals surface area (Å²) in [7, 11) is 4.36. The molecule has 0 spiro atoms. The molecule has 8 heteroatoms. The summed E-state index contributed by atoms with van der Waals surface area (Å²) in [6.45, 7) is 1.80. The molecule has 0 unspecified atom stereocenters. The number of hydrogen-bond donors (Lipinski definition) is 2. The van der Waals surface area contributed by atoms with E-state index < -0.39 is 11.8 Å². The molecule has 0 radical (unpaired) electrons. The van der Waals surface area contributed by atoms with Gasteiger partial charge >= 0.3 is 0 Å². The monoisotopic (exact) mass is 360 g/mol. The minimum Gasteiger partial charge on any atom is -0.493 e. The van der Waals surface area contributed by atoms with Gasteiger partial charge in [-0.05, 0) is 37.3 Å². The number of aryl methyl sites for hydroxylation is 1. The third-order valence-electron chi connectivity index (χ3n) is 3.39. The summed E-state index contributed by atoms with van der Waals surface area (Å²) in [5.41, 5.74) is 4.82. The first-order valence-electron chi connectivity index (χ1n) is 7.63. The van der Waals surface area contributed by atoms with Crippen LogP contribution in [0, 0.1) is 6.92 Å². The van der Waals surface area contributed by atoms with Crippen molar-refractivity contribution < 1.29 is 28.2 Å². The van der Waals surface area contributed by atoms with E-state index in [0.29, 0.717) is 23.0 Å². The topological polar surface area (TPSA) is 99.0 Å². The standard InChI is InChI=1S/C18H20N2O6/c1-11-5-6-13(26-11)7-8-16(21)19-20-18(22)12-9-14(23-2)17(25-4)15(10-12)24-3/h5-10H,1-4H3,(H,19,21)(H,20,22)/b8-7+. The lowest BCUT2D eigenvalue weighted by molar-refractivity contribution is -0.117. The second-order valence-corrected chi connectivity index (χ2v) is 5.14. The lowest BCUT2D eigenvalue weighted by Gasteiger charge is -2.14. The SMILES string of the molecule is COc1cc(C(=O)NNC(=O)/C=C/c2ccc(C)o2)cc(OC)c1OC. The van der Waals surface area contributed by atoms with Gasteiger partial charge in [0.25, 0.3) is 11.8 Å². The number of carbonyl (C=O) groups is 2. The van der Waals surface area contributed by atoms with Gasteiger partial charge in [-0.2, -0.15) is 0 Å². The Balaban J connectivity index is 2.03. The van der Waals surface area contributed by atoms with Gasteiger partial charge in [-0.25, -0.2) is 0 Å². The number of carbonyl (C=O) groups excluding carboxylic acids is 2. The quantitative estimate of drug-likeness (QED) is 0.604. The summed E-state index contributed by atoms with van der Waals surface area (Å²) in [6, 6.07) is 6.46. The van der Waals surface area contributed by atoms with E-state index in [9.17, 15) is 9.59 Å². The van der Waals surface area contributed by atoms with Crippen LogP contribution in [-0.4, -0.2) is 33.1 Å². The van der Waals surface area contributed by atoms with Gasteiger partial charge in [0.1, 0.15) is 11.5 Å². The van der Waals surface area contributed by atoms with Gasteiger partial charge in [0.2, 0.25) is 5.75 Å². The van der Waals surface area contributed by atoms with E-state index in [1.165, 1.54) is 45.6 Å². The third-order valence-corrected chi connectivity index (χ3v) is 3.39. The Hall–Kier alpha value is -3.42. The molecule has 0 aliphatic rings. The number of methoxy groups -OCH3 is 3. The molecule has 0 aliphatic carbocycles. The maximum atomic E-state index is 12.2. The predicted octanol–water partition coefficient (Wildman–Crippen LogP) is 2.09. The minimum atomic E-state index is -0.542. The zero-order chi connectivity index (χ0) is 19.1. The molecule has 2 amide bonds. The second kappa shape index (κ2) is 8.61. The number of furan rings is 1. The van der Waals surface area contributed by atoms with Gasteiger partial charge in [0.05, 0.1) is 21.3 Å². The Labute approximate surface area is 150 Å². The Morgan fingerprint density at radius 2 is 1.65 bits per heavy atom. The van der Waals surface area contributed by atoms with Crippen molar-refractivity contribution in [3.63, 3.8) is 0 Å². The van der Waals surface area contributed by atoms with Gasteiger partial charge in [0.15, 0.2) is 11.5 Å². The van der Waals surface area contributed by atoms with Crippen molar-refractivity contribution in [2.75, 3.05) is 21.3 Å². The summed E-state index contributed by atoms with van der Waals surface area (Å²) in [5, 5.41) is 0. The summed E-state index contributed by atoms with van der Waals surface area (Å²) in [6.07, 6.45) is 2.74. The molecular formula is C18H20N2O6. The zero-order valence-electron chi connectivity index (χ0n) is 14.9. The van der Waals surface area contributed by atoms with Crippen LogP contribution in [0.25, 0.3) is 6.08 Å². The van der Waals surface area contributed by atoms with Crippen LogP contribution < -0.4 is 25.1 Å². The smallest absolute Gasteiger partial charge is 0.269 e. The Kier molecular flexibility index (Phi) is 6.26. The summed E-state index contributed by atoms with van der Waals surface area (Å²) in [5.74, 6) is 1.24. The highest BCUT2D eigenvalue weighted by Gasteiger charge is 2.17. The van der Waals surface area contributed by atoms with E-state index in [0.717, 1.165) is 5.76 Å². The highest BCUT2D eigenvalue weighted by Crippen LogP contribution is 2.38. The van der Waals surface area contributed by atoms with E-state index in [1.54, 1.807) is 19.1 Å². The van der Waals surface area contributed by atoms with Crippen LogP contribution >= 0.6 is 0 Å². The van der Waals surface area contributed by atoms with Crippen LogP contribution in [-0.2, 0) is 4.79 Å². The molecule has 138 valence electrons. The molecule has 8 nitrogen and oxygen atoms in total. The largest absolute Gasteiger partial charge is 0.493 e. The fourth-order valence-corrected chi connectivity index (χ4v) is 2.15. The van der Waals surface area contributed by atoms with Crippen LogP contribution in [0.5, 0.6) is 17.2 Å². The molecule has 0 saturated heterocycles. The van der Waals surface area contributed by atoms with E-state index in [4.69, 9.17) is 18.6 Å². The molecule has 1 aromatic heterocycles. The number of rotatable bonds is 6. The van der Waals surface area contributed by atoms with E-state index in [1.807, 2.05) is 0 Å². The van der Waals surface area contributed by atoms with E-state index in [2.05, 4.69) is 10.9 Å². The van der Waals surface area contributed by atoms with Crippen molar-refractivity contribution in [2.45, 2.75) is 6.92 Å². The normalized spacial score (nSPS) is 10.5. The molecule has 2 aromatic rings. The Morgan fingerprint density at radius 3 is 2.15 bits per heavy atom. The van der Waals surface area contributed by atoms with Gasteiger partial charge in [-0.15, -0.1) is 0 Å². The van der Waals surface area contributed by atoms with Gasteiger partial charge in [-0.1, -0.05) is 0 Å². The molecule has 2 N–H and O–H groups in total. The number of hydrazine groups is 1. The number of ether oxygens (including phenoxy) is 3. The zero-order valence-corrected chi connectivity index (χ0v) is 14.9. The summed E-state index contributed by atoms with van der Waals surface area (Å²) >= 11 is 0. The van der Waals surface area contributed by atoms with Crippen LogP contribution in [0.15, 0.2) is 34.8 Å². The first kappa shape index (κ1) is 18.9. The fourth-order valence-electron chi connectivity index (χ4n) is 2.15. The summed E-state index contributed by atoms with van der Waals surface area (Å²) < 4.78 is 20.9. The van der Waals surface area contributed by atoms with Crippen molar-refractivity contribution in [3.8, 4) is 17.2 Å². The van der Waals surface area contributed by atoms with Crippen molar-refractivity contribution in [1.82, 2.24) is 10.9 Å². The molecule has 0 atom stereocenters. The number of amides is 2. The first-order valence-corrected chi connectivity index (χ1v) is 7.63. The van der Waals surface area contributed by atoms with E-state index >= 15 is 0 Å². The van der Waals surface area contributed by atoms with Crippen LogP contribution in [0.4, 0.5) is 0 Å². The third kappa shape index (κ3) is 4.56. The average molecular weight is 360 g/mol. The van der Waals surface area contributed by atoms with E-state index in [-0.39, 0.29) is 5.56 Å². The average Bonchev–Trinajstić information content (AvgIpc) is 3.08. The Morgan fingerprint density at radius 1 is 1.00 bits per heavy atom. The molecule has 0 fully saturated rings. The Bertz CT molecular complexity index is 800. The maximum absolute atomic E-state index is 12.2. The van der Waals surface area contributed by atoms with Crippen LogP contribution in [0.3, 0.4) is 0 Å². The van der Waals surface area contributed by atoms with Gasteiger partial charge in [0, 0.05) is 11.6 Å². The molecule has 1 aromatic carbocycles. The number of benzene rings is 1. The number of nitrogens with one attached hydrogen (secondary N) is 2. The molecule has 1 heterocycles. The molecule has 2 rings (SSSR count). The van der Waals surface area contributed by atoms with Gasteiger partial charge < -0.3 is 18.6 Å². The minimum absolute atomic E-state index is 0.227. The van der Waals surface area contributed by atoms with Crippen LogP contribution in [0.1, 0.15) is 21.9 Å². The highest BCUT2D eigenvalue weighted by molar-refractivity contribution is 5.98. The van der Waals surface area contributed by atoms with Crippen molar-refractivity contribution in [1.29, 1.82) is 0 Å².